The van der Waals surface area contributed by atoms with Crippen LogP contribution in [-0.2, 0) is 6.54 Å². The molecule has 0 spiro atoms. The van der Waals surface area contributed by atoms with E-state index in [2.05, 4.69) is 26.0 Å². The average Bonchev–Trinajstić information content (AvgIpc) is 3.10. The van der Waals surface area contributed by atoms with Gasteiger partial charge in [-0.2, -0.15) is 0 Å². The van der Waals surface area contributed by atoms with Crippen LogP contribution in [0, 0.1) is 5.92 Å². The highest BCUT2D eigenvalue weighted by molar-refractivity contribution is 7.13. The summed E-state index contributed by atoms with van der Waals surface area (Å²) in [6.45, 7) is 3.12. The first-order chi connectivity index (χ1) is 9.83. The lowest BCUT2D eigenvalue weighted by atomic mass is 10.1. The summed E-state index contributed by atoms with van der Waals surface area (Å²) in [5, 5.41) is 19.3. The van der Waals surface area contributed by atoms with Crippen LogP contribution < -0.4 is 10.6 Å². The van der Waals surface area contributed by atoms with Crippen LogP contribution in [0.5, 0.6) is 0 Å². The first-order valence-corrected chi connectivity index (χ1v) is 7.66. The number of pyridine rings is 1. The Morgan fingerprint density at radius 3 is 3.10 bits per heavy atom. The first kappa shape index (κ1) is 13.6. The van der Waals surface area contributed by atoms with Crippen molar-refractivity contribution in [2.75, 3.05) is 19.6 Å². The average molecular weight is 290 g/mol. The molecule has 1 aliphatic rings. The number of β-amino-alcohol motifs (C(OH)–C–C–N with tert-alkyl or cyclic N) is 1. The minimum Gasteiger partial charge on any atom is -0.391 e. The molecular formula is C14H18N4OS. The topological polar surface area (TPSA) is 70.1 Å². The summed E-state index contributed by atoms with van der Waals surface area (Å²) < 4.78 is 0. The SMILES string of the molecule is OC1CNCC1CNCc1csc(-c2ccccn2)n1. The van der Waals surface area contributed by atoms with Gasteiger partial charge in [0.15, 0.2) is 0 Å². The fourth-order valence-electron chi connectivity index (χ4n) is 2.31. The van der Waals surface area contributed by atoms with Crippen LogP contribution in [-0.4, -0.2) is 40.8 Å². The molecule has 0 radical (unpaired) electrons. The smallest absolute Gasteiger partial charge is 0.142 e. The highest BCUT2D eigenvalue weighted by atomic mass is 32.1. The molecule has 2 aromatic heterocycles. The number of aliphatic hydroxyl groups excluding tert-OH is 1. The van der Waals surface area contributed by atoms with E-state index in [9.17, 15) is 5.11 Å². The van der Waals surface area contributed by atoms with Gasteiger partial charge in [0, 0.05) is 43.7 Å². The minimum atomic E-state index is -0.234. The van der Waals surface area contributed by atoms with Crippen molar-refractivity contribution in [2.45, 2.75) is 12.6 Å². The molecule has 2 unspecified atom stereocenters. The molecule has 3 heterocycles. The number of nitrogens with zero attached hydrogens (tertiary/aromatic N) is 2. The van der Waals surface area contributed by atoms with Gasteiger partial charge in [0.2, 0.25) is 0 Å². The molecular weight excluding hydrogens is 272 g/mol. The van der Waals surface area contributed by atoms with Gasteiger partial charge in [-0.15, -0.1) is 11.3 Å². The van der Waals surface area contributed by atoms with E-state index in [1.165, 1.54) is 0 Å². The zero-order valence-electron chi connectivity index (χ0n) is 11.1. The second-order valence-electron chi connectivity index (χ2n) is 4.98. The van der Waals surface area contributed by atoms with Gasteiger partial charge in [0.1, 0.15) is 5.01 Å². The standard InChI is InChI=1S/C14H18N4OS/c19-13-8-16-6-10(13)5-15-7-11-9-20-14(18-11)12-3-1-2-4-17-12/h1-4,9-10,13,15-16,19H,5-8H2. The molecule has 2 atom stereocenters. The lowest BCUT2D eigenvalue weighted by molar-refractivity contribution is 0.146. The molecule has 3 rings (SSSR count). The van der Waals surface area contributed by atoms with E-state index >= 15 is 0 Å². The van der Waals surface area contributed by atoms with E-state index in [1.807, 2.05) is 18.2 Å². The third kappa shape index (κ3) is 3.21. The van der Waals surface area contributed by atoms with E-state index in [-0.39, 0.29) is 6.10 Å². The van der Waals surface area contributed by atoms with Crippen molar-refractivity contribution in [2.24, 2.45) is 5.92 Å². The second kappa shape index (κ2) is 6.41. The van der Waals surface area contributed by atoms with Crippen molar-refractivity contribution in [3.05, 3.63) is 35.5 Å². The zero-order chi connectivity index (χ0) is 13.8. The molecule has 2 aromatic rings. The van der Waals surface area contributed by atoms with E-state index in [0.717, 1.165) is 36.0 Å². The Balaban J connectivity index is 1.53. The second-order valence-corrected chi connectivity index (χ2v) is 5.83. The molecule has 1 aliphatic heterocycles. The van der Waals surface area contributed by atoms with E-state index in [1.54, 1.807) is 17.5 Å². The predicted octanol–water partition coefficient (Wildman–Crippen LogP) is 0.875. The fourth-order valence-corrected chi connectivity index (χ4v) is 3.10. The molecule has 20 heavy (non-hydrogen) atoms. The molecule has 0 bridgehead atoms. The lowest BCUT2D eigenvalue weighted by Gasteiger charge is -2.13. The number of nitrogens with one attached hydrogen (secondary N) is 2. The monoisotopic (exact) mass is 290 g/mol. The number of aromatic nitrogens is 2. The lowest BCUT2D eigenvalue weighted by Crippen LogP contribution is -2.30. The van der Waals surface area contributed by atoms with E-state index in [0.29, 0.717) is 12.5 Å². The Labute approximate surface area is 122 Å². The van der Waals surface area contributed by atoms with Crippen molar-refractivity contribution < 1.29 is 5.11 Å². The normalized spacial score (nSPS) is 22.2. The number of hydrogen-bond acceptors (Lipinski definition) is 6. The maximum Gasteiger partial charge on any atom is 0.142 e. The molecule has 0 saturated carbocycles. The highest BCUT2D eigenvalue weighted by Crippen LogP contribution is 2.21. The van der Waals surface area contributed by atoms with Gasteiger partial charge in [-0.25, -0.2) is 4.98 Å². The van der Waals surface area contributed by atoms with Crippen molar-refractivity contribution in [1.29, 1.82) is 0 Å². The van der Waals surface area contributed by atoms with Gasteiger partial charge in [-0.05, 0) is 12.1 Å². The van der Waals surface area contributed by atoms with Crippen LogP contribution in [0.1, 0.15) is 5.69 Å². The van der Waals surface area contributed by atoms with E-state index < -0.39 is 0 Å². The van der Waals surface area contributed by atoms with Crippen molar-refractivity contribution >= 4 is 11.3 Å². The highest BCUT2D eigenvalue weighted by Gasteiger charge is 2.24. The van der Waals surface area contributed by atoms with Crippen LogP contribution >= 0.6 is 11.3 Å². The van der Waals surface area contributed by atoms with Crippen LogP contribution in [0.3, 0.4) is 0 Å². The maximum absolute atomic E-state index is 9.71. The summed E-state index contributed by atoms with van der Waals surface area (Å²) in [5.41, 5.74) is 1.94. The van der Waals surface area contributed by atoms with Crippen LogP contribution in [0.15, 0.2) is 29.8 Å². The van der Waals surface area contributed by atoms with Crippen LogP contribution in [0.2, 0.25) is 0 Å². The molecule has 5 nitrogen and oxygen atoms in total. The Hall–Kier alpha value is -1.34. The fraction of sp³-hybridized carbons (Fsp3) is 0.429. The third-order valence-corrected chi connectivity index (χ3v) is 4.37. The van der Waals surface area contributed by atoms with Crippen LogP contribution in [0.25, 0.3) is 10.7 Å². The van der Waals surface area contributed by atoms with Gasteiger partial charge in [-0.1, -0.05) is 6.07 Å². The summed E-state index contributed by atoms with van der Waals surface area (Å²) in [4.78, 5) is 8.88. The van der Waals surface area contributed by atoms with Crippen molar-refractivity contribution in [3.63, 3.8) is 0 Å². The Morgan fingerprint density at radius 1 is 1.40 bits per heavy atom. The third-order valence-electron chi connectivity index (χ3n) is 3.45. The molecule has 6 heteroatoms. The Bertz CT molecular complexity index is 545. The number of rotatable bonds is 5. The molecule has 0 amide bonds. The summed E-state index contributed by atoms with van der Waals surface area (Å²) in [6, 6.07) is 5.84. The van der Waals surface area contributed by atoms with Gasteiger partial charge in [0.25, 0.3) is 0 Å². The summed E-state index contributed by atoms with van der Waals surface area (Å²) in [7, 11) is 0. The van der Waals surface area contributed by atoms with Crippen molar-refractivity contribution in [3.8, 4) is 10.7 Å². The van der Waals surface area contributed by atoms with Gasteiger partial charge in [0.05, 0.1) is 17.5 Å². The molecule has 3 N–H and O–H groups in total. The Kier molecular flexibility index (Phi) is 4.37. The van der Waals surface area contributed by atoms with Gasteiger partial charge < -0.3 is 15.7 Å². The molecule has 0 aliphatic carbocycles. The number of aliphatic hydroxyl groups is 1. The van der Waals surface area contributed by atoms with Crippen LogP contribution in [0.4, 0.5) is 0 Å². The molecule has 0 aromatic carbocycles. The first-order valence-electron chi connectivity index (χ1n) is 6.78. The van der Waals surface area contributed by atoms with Gasteiger partial charge >= 0.3 is 0 Å². The quantitative estimate of drug-likeness (QED) is 0.762. The largest absolute Gasteiger partial charge is 0.391 e. The minimum absolute atomic E-state index is 0.234. The van der Waals surface area contributed by atoms with Crippen molar-refractivity contribution in [1.82, 2.24) is 20.6 Å². The molecule has 1 fully saturated rings. The molecule has 1 saturated heterocycles. The summed E-state index contributed by atoms with van der Waals surface area (Å²) in [6.07, 6.45) is 1.55. The maximum atomic E-state index is 9.71. The number of thiazole rings is 1. The Morgan fingerprint density at radius 2 is 2.35 bits per heavy atom. The van der Waals surface area contributed by atoms with E-state index in [4.69, 9.17) is 0 Å². The van der Waals surface area contributed by atoms with Gasteiger partial charge in [-0.3, -0.25) is 4.98 Å². The predicted molar refractivity (Wildman–Crippen MR) is 79.4 cm³/mol. The zero-order valence-corrected chi connectivity index (χ0v) is 11.9. The summed E-state index contributed by atoms with van der Waals surface area (Å²) in [5.74, 6) is 0.295. The summed E-state index contributed by atoms with van der Waals surface area (Å²) >= 11 is 1.61. The number of hydrogen-bond donors (Lipinski definition) is 3. The molecule has 106 valence electrons.